The molecule has 2 aliphatic rings. The van der Waals surface area contributed by atoms with Crippen LogP contribution in [0.5, 0.6) is 0 Å². The van der Waals surface area contributed by atoms with Crippen LogP contribution in [0.15, 0.2) is 46.0 Å². The number of rotatable bonds is 7. The Labute approximate surface area is 222 Å². The summed E-state index contributed by atoms with van der Waals surface area (Å²) in [5, 5.41) is 15.2. The molecule has 1 unspecified atom stereocenters. The molecule has 196 valence electrons. The first-order valence-electron chi connectivity index (χ1n) is 12.5. The van der Waals surface area contributed by atoms with E-state index in [0.29, 0.717) is 41.2 Å². The highest BCUT2D eigenvalue weighted by Crippen LogP contribution is 2.30. The molecule has 1 aromatic heterocycles. The van der Waals surface area contributed by atoms with Gasteiger partial charge in [-0.05, 0) is 62.1 Å². The smallest absolute Gasteiger partial charge is 0.331 e. The third-order valence-corrected chi connectivity index (χ3v) is 7.34. The Hall–Kier alpha value is -3.94. The van der Waals surface area contributed by atoms with Gasteiger partial charge in [0.15, 0.2) is 0 Å². The lowest BCUT2D eigenvalue weighted by Gasteiger charge is -2.19. The largest absolute Gasteiger partial charge is 0.378 e. The summed E-state index contributed by atoms with van der Waals surface area (Å²) in [6, 6.07) is 10.6. The van der Waals surface area contributed by atoms with E-state index in [0.717, 1.165) is 12.8 Å². The van der Waals surface area contributed by atoms with E-state index >= 15 is 0 Å². The Balaban J connectivity index is 1.36. The molecule has 1 saturated heterocycles. The Morgan fingerprint density at radius 2 is 1.92 bits per heavy atom. The summed E-state index contributed by atoms with van der Waals surface area (Å²) >= 11 is 6.06. The number of nitrogens with one attached hydrogen (secondary N) is 2. The van der Waals surface area contributed by atoms with Gasteiger partial charge in [-0.1, -0.05) is 11.6 Å². The lowest BCUT2D eigenvalue weighted by Crippen LogP contribution is -2.44. The predicted molar refractivity (Wildman–Crippen MR) is 141 cm³/mol. The summed E-state index contributed by atoms with van der Waals surface area (Å²) in [5.74, 6) is -1.14. The zero-order valence-corrected chi connectivity index (χ0v) is 21.5. The van der Waals surface area contributed by atoms with Crippen LogP contribution in [0, 0.1) is 23.2 Å². The van der Waals surface area contributed by atoms with Crippen LogP contribution in [-0.4, -0.2) is 40.2 Å². The van der Waals surface area contributed by atoms with E-state index in [-0.39, 0.29) is 35.4 Å². The number of ether oxygens (including phenoxy) is 1. The van der Waals surface area contributed by atoms with E-state index in [1.807, 2.05) is 13.0 Å². The lowest BCUT2D eigenvalue weighted by molar-refractivity contribution is -0.120. The molecule has 1 saturated carbocycles. The first-order valence-corrected chi connectivity index (χ1v) is 12.8. The number of nitriles is 1. The number of hydrogen-bond acceptors (Lipinski definition) is 6. The van der Waals surface area contributed by atoms with Crippen LogP contribution in [-0.2, 0) is 22.6 Å². The Bertz CT molecular complexity index is 1600. The minimum atomic E-state index is -0.658. The highest BCUT2D eigenvalue weighted by Gasteiger charge is 2.35. The molecule has 3 aromatic rings. The van der Waals surface area contributed by atoms with Crippen molar-refractivity contribution < 1.29 is 14.3 Å². The summed E-state index contributed by atoms with van der Waals surface area (Å²) in [6.07, 6.45) is 1.99. The molecular weight excluding hydrogens is 510 g/mol. The van der Waals surface area contributed by atoms with Gasteiger partial charge in [0.05, 0.1) is 46.7 Å². The molecular formula is C27H26ClN5O5. The van der Waals surface area contributed by atoms with Gasteiger partial charge in [0.2, 0.25) is 5.91 Å². The maximum absolute atomic E-state index is 13.2. The van der Waals surface area contributed by atoms with Crippen molar-refractivity contribution in [1.82, 2.24) is 14.5 Å². The molecule has 2 fully saturated rings. The average Bonchev–Trinajstić information content (AvgIpc) is 3.61. The van der Waals surface area contributed by atoms with E-state index in [4.69, 9.17) is 21.6 Å². The number of carbonyl (C=O) groups is 2. The maximum atomic E-state index is 13.2. The molecule has 2 aromatic carbocycles. The second kappa shape index (κ2) is 10.4. The quantitative estimate of drug-likeness (QED) is 0.477. The normalized spacial score (nSPS) is 18.8. The zero-order valence-electron chi connectivity index (χ0n) is 20.7. The van der Waals surface area contributed by atoms with Gasteiger partial charge in [0.25, 0.3) is 11.5 Å². The fourth-order valence-corrected chi connectivity index (χ4v) is 4.94. The number of fused-ring (bicyclic) bond motifs is 1. The number of nitrogens with zero attached hydrogens (tertiary/aromatic N) is 3. The van der Waals surface area contributed by atoms with Gasteiger partial charge in [-0.15, -0.1) is 0 Å². The number of halogens is 1. The first-order chi connectivity index (χ1) is 18.3. The van der Waals surface area contributed by atoms with Crippen molar-refractivity contribution in [3.8, 4) is 6.07 Å². The molecule has 38 heavy (non-hydrogen) atoms. The molecule has 11 heteroatoms. The summed E-state index contributed by atoms with van der Waals surface area (Å²) < 4.78 is 8.29. The molecule has 1 aliphatic carbocycles. The van der Waals surface area contributed by atoms with Gasteiger partial charge in [0, 0.05) is 24.3 Å². The monoisotopic (exact) mass is 535 g/mol. The minimum Gasteiger partial charge on any atom is -0.378 e. The molecule has 2 atom stereocenters. The molecule has 10 nitrogen and oxygen atoms in total. The van der Waals surface area contributed by atoms with Crippen LogP contribution in [0.4, 0.5) is 5.69 Å². The highest BCUT2D eigenvalue weighted by atomic mass is 35.5. The standard InChI is InChI=1S/C27H26ClN5O5/c1-2-32-23-8-6-16(9-19(23)26(36)33(27(32)37)12-15-3-4-15)24(34)31-22-14-38-13-20(22)25(35)30-18-7-5-17(11-29)21(28)10-18/h5-10,15,20,22H,2-4,12-14H2,1H3,(H,30,35)(H,31,34)/t20-,22?/m0/s1. The van der Waals surface area contributed by atoms with Gasteiger partial charge in [0.1, 0.15) is 6.07 Å². The summed E-state index contributed by atoms with van der Waals surface area (Å²) in [5.41, 5.74) is 0.709. The SMILES string of the molecule is CCn1c(=O)n(CC2CC2)c(=O)c2cc(C(=O)NC3COC[C@@H]3C(=O)Nc3ccc(C#N)c(Cl)c3)ccc21. The van der Waals surface area contributed by atoms with E-state index in [1.165, 1.54) is 22.8 Å². The van der Waals surface area contributed by atoms with Gasteiger partial charge >= 0.3 is 5.69 Å². The summed E-state index contributed by atoms with van der Waals surface area (Å²) in [7, 11) is 0. The maximum Gasteiger partial charge on any atom is 0.331 e. The van der Waals surface area contributed by atoms with Crippen molar-refractivity contribution in [3.05, 3.63) is 73.4 Å². The predicted octanol–water partition coefficient (Wildman–Crippen LogP) is 2.50. The number of amides is 2. The van der Waals surface area contributed by atoms with Gasteiger partial charge in [-0.2, -0.15) is 5.26 Å². The van der Waals surface area contributed by atoms with Crippen LogP contribution >= 0.6 is 11.6 Å². The van der Waals surface area contributed by atoms with E-state index in [1.54, 1.807) is 22.8 Å². The molecule has 1 aliphatic heterocycles. The topological polar surface area (TPSA) is 135 Å². The van der Waals surface area contributed by atoms with Gasteiger partial charge < -0.3 is 15.4 Å². The van der Waals surface area contributed by atoms with Crippen molar-refractivity contribution >= 4 is 40.0 Å². The number of hydrogen-bond donors (Lipinski definition) is 2. The molecule has 5 rings (SSSR count). The van der Waals surface area contributed by atoms with Crippen molar-refractivity contribution in [1.29, 1.82) is 5.26 Å². The average molecular weight is 536 g/mol. The van der Waals surface area contributed by atoms with Crippen LogP contribution in [0.1, 0.15) is 35.7 Å². The van der Waals surface area contributed by atoms with Gasteiger partial charge in [-0.3, -0.25) is 23.5 Å². The van der Waals surface area contributed by atoms with Crippen molar-refractivity contribution in [2.75, 3.05) is 18.5 Å². The van der Waals surface area contributed by atoms with E-state index in [2.05, 4.69) is 10.6 Å². The third kappa shape index (κ3) is 4.95. The summed E-state index contributed by atoms with van der Waals surface area (Å²) in [6.45, 7) is 2.88. The Morgan fingerprint density at radius 3 is 2.61 bits per heavy atom. The van der Waals surface area contributed by atoms with Crippen LogP contribution < -0.4 is 21.9 Å². The number of aromatic nitrogens is 2. The number of aryl methyl sites for hydroxylation is 1. The second-order valence-corrected chi connectivity index (χ2v) is 10.0. The lowest BCUT2D eigenvalue weighted by atomic mass is 10.0. The number of benzene rings is 2. The van der Waals surface area contributed by atoms with Crippen molar-refractivity contribution in [3.63, 3.8) is 0 Å². The van der Waals surface area contributed by atoms with E-state index in [9.17, 15) is 19.2 Å². The first kappa shape index (κ1) is 25.7. The van der Waals surface area contributed by atoms with Gasteiger partial charge in [-0.25, -0.2) is 4.79 Å². The van der Waals surface area contributed by atoms with Crippen LogP contribution in [0.3, 0.4) is 0 Å². The molecule has 0 radical (unpaired) electrons. The molecule has 2 N–H and O–H groups in total. The van der Waals surface area contributed by atoms with Crippen molar-refractivity contribution in [2.45, 2.75) is 38.9 Å². The number of anilines is 1. The van der Waals surface area contributed by atoms with E-state index < -0.39 is 23.4 Å². The number of carbonyl (C=O) groups excluding carboxylic acids is 2. The minimum absolute atomic E-state index is 0.118. The zero-order chi connectivity index (χ0) is 27.0. The fraction of sp³-hybridized carbons (Fsp3) is 0.370. The van der Waals surface area contributed by atoms with Crippen molar-refractivity contribution in [2.24, 2.45) is 11.8 Å². The molecule has 2 amide bonds. The second-order valence-electron chi connectivity index (χ2n) is 9.64. The fourth-order valence-electron chi connectivity index (χ4n) is 4.72. The Morgan fingerprint density at radius 1 is 1.13 bits per heavy atom. The molecule has 0 bridgehead atoms. The highest BCUT2D eigenvalue weighted by molar-refractivity contribution is 6.32. The molecule has 0 spiro atoms. The van der Waals surface area contributed by atoms with Crippen LogP contribution in [0.25, 0.3) is 10.9 Å². The summed E-state index contributed by atoms with van der Waals surface area (Å²) in [4.78, 5) is 52.2. The molecule has 2 heterocycles. The van der Waals surface area contributed by atoms with Crippen LogP contribution in [0.2, 0.25) is 5.02 Å². The third-order valence-electron chi connectivity index (χ3n) is 7.03. The Kier molecular flexibility index (Phi) is 7.06.